The van der Waals surface area contributed by atoms with E-state index in [1.807, 2.05) is 25.1 Å². The lowest BCUT2D eigenvalue weighted by molar-refractivity contribution is -0.118. The van der Waals surface area contributed by atoms with Crippen molar-refractivity contribution in [1.29, 1.82) is 0 Å². The number of nitrogens with two attached hydrogens (primary N) is 1. The van der Waals surface area contributed by atoms with E-state index < -0.39 is 0 Å². The number of carbonyl (C=O) groups is 1. The highest BCUT2D eigenvalue weighted by atomic mass is 16.5. The van der Waals surface area contributed by atoms with Gasteiger partial charge in [-0.15, -0.1) is 0 Å². The number of benzene rings is 1. The van der Waals surface area contributed by atoms with Crippen LogP contribution in [0.5, 0.6) is 0 Å². The molecule has 2 unspecified atom stereocenters. The Kier molecular flexibility index (Phi) is 5.20. The second kappa shape index (κ2) is 6.91. The second-order valence-electron chi connectivity index (χ2n) is 5.84. The third-order valence-electron chi connectivity index (χ3n) is 4.29. The van der Waals surface area contributed by atoms with Gasteiger partial charge in [0.15, 0.2) is 0 Å². The van der Waals surface area contributed by atoms with Crippen molar-refractivity contribution >= 4 is 17.3 Å². The van der Waals surface area contributed by atoms with E-state index in [2.05, 4.69) is 17.1 Å². The number of hydrogen-bond acceptors (Lipinski definition) is 4. The van der Waals surface area contributed by atoms with Gasteiger partial charge in [-0.25, -0.2) is 0 Å². The van der Waals surface area contributed by atoms with E-state index in [-0.39, 0.29) is 12.0 Å². The van der Waals surface area contributed by atoms with Crippen molar-refractivity contribution in [2.75, 3.05) is 37.8 Å². The number of nitrogen functional groups attached to an aromatic ring is 1. The zero-order valence-corrected chi connectivity index (χ0v) is 13.1. The van der Waals surface area contributed by atoms with E-state index in [0.717, 1.165) is 30.8 Å². The van der Waals surface area contributed by atoms with Crippen LogP contribution < -0.4 is 11.1 Å². The maximum absolute atomic E-state index is 12.2. The second-order valence-corrected chi connectivity index (χ2v) is 5.84. The van der Waals surface area contributed by atoms with Crippen LogP contribution in [-0.2, 0) is 9.53 Å². The first-order valence-corrected chi connectivity index (χ1v) is 7.41. The summed E-state index contributed by atoms with van der Waals surface area (Å²) in [5.74, 6) is 0.540. The average Bonchev–Trinajstić information content (AvgIpc) is 2.46. The van der Waals surface area contributed by atoms with E-state index >= 15 is 0 Å². The molecule has 5 heteroatoms. The van der Waals surface area contributed by atoms with Crippen molar-refractivity contribution < 1.29 is 9.53 Å². The molecule has 1 fully saturated rings. The van der Waals surface area contributed by atoms with Crippen LogP contribution in [0, 0.1) is 12.8 Å². The number of carbonyl (C=O) groups excluding carboxylic acids is 1. The molecule has 1 amide bonds. The lowest BCUT2D eigenvalue weighted by Gasteiger charge is -2.35. The molecule has 0 saturated carbocycles. The van der Waals surface area contributed by atoms with Crippen molar-refractivity contribution in [2.24, 2.45) is 5.92 Å². The SMILES string of the molecule is COC1CN(CC(=O)Nc2cccc(N)c2C)CCC1C. The Morgan fingerprint density at radius 1 is 1.52 bits per heavy atom. The van der Waals surface area contributed by atoms with Crippen LogP contribution in [0.3, 0.4) is 0 Å². The summed E-state index contributed by atoms with van der Waals surface area (Å²) in [5, 5.41) is 2.94. The minimum atomic E-state index is -0.00638. The van der Waals surface area contributed by atoms with E-state index in [1.165, 1.54) is 0 Å². The van der Waals surface area contributed by atoms with Crippen molar-refractivity contribution in [2.45, 2.75) is 26.4 Å². The summed E-state index contributed by atoms with van der Waals surface area (Å²) in [7, 11) is 1.74. The fourth-order valence-corrected chi connectivity index (χ4v) is 2.73. The zero-order chi connectivity index (χ0) is 15.4. The van der Waals surface area contributed by atoms with E-state index in [0.29, 0.717) is 18.2 Å². The van der Waals surface area contributed by atoms with Gasteiger partial charge in [-0.2, -0.15) is 0 Å². The molecule has 5 nitrogen and oxygen atoms in total. The van der Waals surface area contributed by atoms with E-state index in [9.17, 15) is 4.79 Å². The Morgan fingerprint density at radius 2 is 2.29 bits per heavy atom. The Hall–Kier alpha value is -1.59. The maximum Gasteiger partial charge on any atom is 0.238 e. The number of rotatable bonds is 4. The Balaban J connectivity index is 1.91. The molecule has 3 N–H and O–H groups in total. The predicted molar refractivity (Wildman–Crippen MR) is 85.2 cm³/mol. The minimum Gasteiger partial charge on any atom is -0.398 e. The lowest BCUT2D eigenvalue weighted by Crippen LogP contribution is -2.46. The molecule has 1 aliphatic rings. The smallest absolute Gasteiger partial charge is 0.238 e. The van der Waals surface area contributed by atoms with Gasteiger partial charge >= 0.3 is 0 Å². The Labute approximate surface area is 126 Å². The summed E-state index contributed by atoms with van der Waals surface area (Å²) in [6, 6.07) is 5.56. The summed E-state index contributed by atoms with van der Waals surface area (Å²) in [6.45, 7) is 6.24. The highest BCUT2D eigenvalue weighted by Gasteiger charge is 2.27. The predicted octanol–water partition coefficient (Wildman–Crippen LogP) is 1.87. The number of nitrogens with one attached hydrogen (secondary N) is 1. The fraction of sp³-hybridized carbons (Fsp3) is 0.562. The van der Waals surface area contributed by atoms with Crippen LogP contribution in [0.15, 0.2) is 18.2 Å². The van der Waals surface area contributed by atoms with Gasteiger partial charge in [0.05, 0.1) is 12.6 Å². The number of methoxy groups -OCH3 is 1. The summed E-state index contributed by atoms with van der Waals surface area (Å²) in [5.41, 5.74) is 8.24. The molecule has 21 heavy (non-hydrogen) atoms. The molecule has 0 radical (unpaired) electrons. The molecule has 0 aliphatic carbocycles. The molecule has 1 heterocycles. The first kappa shape index (κ1) is 15.8. The van der Waals surface area contributed by atoms with Gasteiger partial charge in [0.25, 0.3) is 0 Å². The molecule has 0 spiro atoms. The van der Waals surface area contributed by atoms with Gasteiger partial charge in [-0.3, -0.25) is 9.69 Å². The standard InChI is InChI=1S/C16H25N3O2/c1-11-7-8-19(9-15(11)21-3)10-16(20)18-14-6-4-5-13(17)12(14)2/h4-6,11,15H,7-10,17H2,1-3H3,(H,18,20). The number of amides is 1. The van der Waals surface area contributed by atoms with Gasteiger partial charge < -0.3 is 15.8 Å². The first-order valence-electron chi connectivity index (χ1n) is 7.41. The summed E-state index contributed by atoms with van der Waals surface area (Å²) >= 11 is 0. The summed E-state index contributed by atoms with van der Waals surface area (Å²) < 4.78 is 5.48. The number of nitrogens with zero attached hydrogens (tertiary/aromatic N) is 1. The number of anilines is 2. The van der Waals surface area contributed by atoms with Gasteiger partial charge in [0.1, 0.15) is 0 Å². The molecular formula is C16H25N3O2. The quantitative estimate of drug-likeness (QED) is 0.831. The molecule has 0 bridgehead atoms. The van der Waals surface area contributed by atoms with E-state index in [1.54, 1.807) is 7.11 Å². The highest BCUT2D eigenvalue weighted by Crippen LogP contribution is 2.21. The summed E-state index contributed by atoms with van der Waals surface area (Å²) in [6.07, 6.45) is 1.27. The van der Waals surface area contributed by atoms with Crippen LogP contribution in [0.25, 0.3) is 0 Å². The number of likely N-dealkylation sites (tertiary alicyclic amines) is 1. The Bertz CT molecular complexity index is 504. The molecule has 1 aromatic rings. The lowest BCUT2D eigenvalue weighted by atomic mass is 9.96. The molecule has 116 valence electrons. The third-order valence-corrected chi connectivity index (χ3v) is 4.29. The normalized spacial score (nSPS) is 23.0. The van der Waals surface area contributed by atoms with Crippen molar-refractivity contribution in [3.63, 3.8) is 0 Å². The van der Waals surface area contributed by atoms with Gasteiger partial charge in [-0.1, -0.05) is 13.0 Å². The fourth-order valence-electron chi connectivity index (χ4n) is 2.73. The minimum absolute atomic E-state index is 0.00638. The van der Waals surface area contributed by atoms with Crippen LogP contribution >= 0.6 is 0 Å². The molecule has 1 aliphatic heterocycles. The largest absolute Gasteiger partial charge is 0.398 e. The molecule has 0 aromatic heterocycles. The highest BCUT2D eigenvalue weighted by molar-refractivity contribution is 5.93. The van der Waals surface area contributed by atoms with Crippen LogP contribution in [0.4, 0.5) is 11.4 Å². The molecule has 1 saturated heterocycles. The first-order chi connectivity index (χ1) is 10.0. The van der Waals surface area contributed by atoms with Crippen LogP contribution in [0.1, 0.15) is 18.9 Å². The number of piperidine rings is 1. The topological polar surface area (TPSA) is 67.6 Å². The molecular weight excluding hydrogens is 266 g/mol. The van der Waals surface area contributed by atoms with Crippen molar-refractivity contribution in [3.8, 4) is 0 Å². The zero-order valence-electron chi connectivity index (χ0n) is 13.1. The average molecular weight is 291 g/mol. The number of ether oxygens (including phenoxy) is 1. The van der Waals surface area contributed by atoms with Crippen molar-refractivity contribution in [1.82, 2.24) is 4.90 Å². The van der Waals surface area contributed by atoms with Crippen LogP contribution in [0.2, 0.25) is 0 Å². The van der Waals surface area contributed by atoms with Gasteiger partial charge in [-0.05, 0) is 43.5 Å². The van der Waals surface area contributed by atoms with E-state index in [4.69, 9.17) is 10.5 Å². The maximum atomic E-state index is 12.2. The van der Waals surface area contributed by atoms with Crippen LogP contribution in [-0.4, -0.2) is 43.7 Å². The summed E-state index contributed by atoms with van der Waals surface area (Å²) in [4.78, 5) is 14.3. The number of hydrogen-bond donors (Lipinski definition) is 2. The monoisotopic (exact) mass is 291 g/mol. The van der Waals surface area contributed by atoms with Gasteiger partial charge in [0, 0.05) is 25.0 Å². The van der Waals surface area contributed by atoms with Crippen molar-refractivity contribution in [3.05, 3.63) is 23.8 Å². The molecule has 2 atom stereocenters. The molecule has 2 rings (SSSR count). The van der Waals surface area contributed by atoms with Gasteiger partial charge in [0.2, 0.25) is 5.91 Å². The molecule has 1 aromatic carbocycles. The third kappa shape index (κ3) is 3.95. The Morgan fingerprint density at radius 3 is 3.00 bits per heavy atom.